The summed E-state index contributed by atoms with van der Waals surface area (Å²) >= 11 is 0. The van der Waals surface area contributed by atoms with E-state index >= 15 is 0 Å². The van der Waals surface area contributed by atoms with E-state index in [4.69, 9.17) is 5.73 Å². The topological polar surface area (TPSA) is 46.3 Å². The molecule has 0 radical (unpaired) electrons. The molecule has 3 nitrogen and oxygen atoms in total. The van der Waals surface area contributed by atoms with Crippen LogP contribution < -0.4 is 5.73 Å². The zero-order valence-electron chi connectivity index (χ0n) is 13.4. The highest BCUT2D eigenvalue weighted by molar-refractivity contribution is 5.76. The third-order valence-electron chi connectivity index (χ3n) is 4.43. The summed E-state index contributed by atoms with van der Waals surface area (Å²) in [6, 6.07) is 0.482. The van der Waals surface area contributed by atoms with Crippen molar-refractivity contribution in [3.8, 4) is 0 Å². The molecular weight excluding hydrogens is 248 g/mol. The van der Waals surface area contributed by atoms with E-state index in [1.807, 2.05) is 0 Å². The Kier molecular flexibility index (Phi) is 9.73. The Morgan fingerprint density at radius 1 is 1.10 bits per heavy atom. The van der Waals surface area contributed by atoms with Gasteiger partial charge in [0.2, 0.25) is 5.91 Å². The van der Waals surface area contributed by atoms with Gasteiger partial charge in [0.25, 0.3) is 0 Å². The highest BCUT2D eigenvalue weighted by atomic mass is 16.2. The predicted molar refractivity (Wildman–Crippen MR) is 85.6 cm³/mol. The summed E-state index contributed by atoms with van der Waals surface area (Å²) in [6.45, 7) is 3.97. The molecule has 1 heterocycles. The quantitative estimate of drug-likeness (QED) is 0.585. The van der Waals surface area contributed by atoms with Gasteiger partial charge in [0.1, 0.15) is 0 Å². The first kappa shape index (κ1) is 17.5. The first-order valence-corrected chi connectivity index (χ1v) is 8.79. The van der Waals surface area contributed by atoms with Gasteiger partial charge in [-0.15, -0.1) is 0 Å². The van der Waals surface area contributed by atoms with E-state index in [-0.39, 0.29) is 0 Å². The van der Waals surface area contributed by atoms with E-state index in [1.165, 1.54) is 51.4 Å². The van der Waals surface area contributed by atoms with Crippen LogP contribution in [0.15, 0.2) is 0 Å². The molecule has 3 heteroatoms. The molecule has 0 spiro atoms. The Labute approximate surface area is 125 Å². The second-order valence-corrected chi connectivity index (χ2v) is 6.19. The maximum absolute atomic E-state index is 12.2. The van der Waals surface area contributed by atoms with Gasteiger partial charge in [-0.05, 0) is 38.6 Å². The van der Waals surface area contributed by atoms with Gasteiger partial charge in [0.15, 0.2) is 0 Å². The molecule has 1 unspecified atom stereocenters. The van der Waals surface area contributed by atoms with Crippen LogP contribution in [0.3, 0.4) is 0 Å². The van der Waals surface area contributed by atoms with Crippen LogP contribution in [-0.2, 0) is 4.79 Å². The van der Waals surface area contributed by atoms with Gasteiger partial charge in [-0.25, -0.2) is 0 Å². The molecule has 0 aromatic rings. The highest BCUT2D eigenvalue weighted by Gasteiger charge is 2.27. The van der Waals surface area contributed by atoms with Crippen molar-refractivity contribution in [3.05, 3.63) is 0 Å². The van der Waals surface area contributed by atoms with E-state index in [0.717, 1.165) is 38.8 Å². The molecule has 0 bridgehead atoms. The summed E-state index contributed by atoms with van der Waals surface area (Å²) < 4.78 is 0. The van der Waals surface area contributed by atoms with Gasteiger partial charge in [-0.2, -0.15) is 0 Å². The minimum atomic E-state index is 0.387. The second-order valence-electron chi connectivity index (χ2n) is 6.19. The van der Waals surface area contributed by atoms with Crippen molar-refractivity contribution in [1.82, 2.24) is 4.90 Å². The summed E-state index contributed by atoms with van der Waals surface area (Å²) in [5, 5.41) is 0. The summed E-state index contributed by atoms with van der Waals surface area (Å²) in [5.74, 6) is 0.387. The third-order valence-corrected chi connectivity index (χ3v) is 4.43. The molecule has 1 amide bonds. The average molecular weight is 282 g/mol. The van der Waals surface area contributed by atoms with Gasteiger partial charge < -0.3 is 10.6 Å². The largest absolute Gasteiger partial charge is 0.340 e. The monoisotopic (exact) mass is 282 g/mol. The number of amides is 1. The van der Waals surface area contributed by atoms with Gasteiger partial charge >= 0.3 is 0 Å². The van der Waals surface area contributed by atoms with Gasteiger partial charge in [-0.1, -0.05) is 45.4 Å². The molecule has 1 aliphatic heterocycles. The number of nitrogens with zero attached hydrogens (tertiary/aromatic N) is 1. The maximum atomic E-state index is 12.2. The van der Waals surface area contributed by atoms with Crippen molar-refractivity contribution >= 4 is 5.91 Å². The zero-order chi connectivity index (χ0) is 14.6. The SMILES string of the molecule is CCCCCCCCCC(=O)N1CCCC1CCCN. The lowest BCUT2D eigenvalue weighted by molar-refractivity contribution is -0.132. The van der Waals surface area contributed by atoms with Crippen molar-refractivity contribution in [3.63, 3.8) is 0 Å². The Bertz CT molecular complexity index is 255. The molecule has 0 aromatic heterocycles. The molecule has 1 aliphatic rings. The minimum absolute atomic E-state index is 0.387. The molecule has 20 heavy (non-hydrogen) atoms. The lowest BCUT2D eigenvalue weighted by atomic mass is 10.1. The van der Waals surface area contributed by atoms with Crippen LogP contribution in [0.25, 0.3) is 0 Å². The van der Waals surface area contributed by atoms with Crippen molar-refractivity contribution in [2.45, 2.75) is 90.0 Å². The van der Waals surface area contributed by atoms with Gasteiger partial charge in [0, 0.05) is 19.0 Å². The van der Waals surface area contributed by atoms with Crippen LogP contribution in [0.4, 0.5) is 0 Å². The molecule has 2 N–H and O–H groups in total. The molecule has 0 aromatic carbocycles. The first-order valence-electron chi connectivity index (χ1n) is 8.79. The number of hydrogen-bond acceptors (Lipinski definition) is 2. The van der Waals surface area contributed by atoms with E-state index in [9.17, 15) is 4.79 Å². The predicted octanol–water partition coefficient (Wildman–Crippen LogP) is 3.86. The summed E-state index contributed by atoms with van der Waals surface area (Å²) in [6.07, 6.45) is 14.2. The second kappa shape index (κ2) is 11.1. The summed E-state index contributed by atoms with van der Waals surface area (Å²) in [4.78, 5) is 14.4. The van der Waals surface area contributed by atoms with Crippen LogP contribution in [0.2, 0.25) is 0 Å². The maximum Gasteiger partial charge on any atom is 0.222 e. The Morgan fingerprint density at radius 3 is 2.50 bits per heavy atom. The van der Waals surface area contributed by atoms with Crippen LogP contribution in [0.5, 0.6) is 0 Å². The molecule has 0 saturated carbocycles. The number of unbranched alkanes of at least 4 members (excludes halogenated alkanes) is 6. The molecule has 1 atom stereocenters. The number of likely N-dealkylation sites (tertiary alicyclic amines) is 1. The Balaban J connectivity index is 2.09. The van der Waals surface area contributed by atoms with Crippen LogP contribution in [0.1, 0.15) is 84.0 Å². The van der Waals surface area contributed by atoms with Gasteiger partial charge in [-0.3, -0.25) is 4.79 Å². The van der Waals surface area contributed by atoms with Crippen LogP contribution in [0, 0.1) is 0 Å². The average Bonchev–Trinajstić information content (AvgIpc) is 2.92. The number of carbonyl (C=O) groups excluding carboxylic acids is 1. The fourth-order valence-electron chi connectivity index (χ4n) is 3.19. The first-order chi connectivity index (χ1) is 9.79. The van der Waals surface area contributed by atoms with E-state index < -0.39 is 0 Å². The van der Waals surface area contributed by atoms with E-state index in [0.29, 0.717) is 11.9 Å². The lowest BCUT2D eigenvalue weighted by Crippen LogP contribution is -2.35. The van der Waals surface area contributed by atoms with Crippen molar-refractivity contribution in [1.29, 1.82) is 0 Å². The fourth-order valence-corrected chi connectivity index (χ4v) is 3.19. The van der Waals surface area contributed by atoms with Crippen LogP contribution in [-0.4, -0.2) is 29.9 Å². The molecule has 1 rings (SSSR count). The lowest BCUT2D eigenvalue weighted by Gasteiger charge is -2.24. The van der Waals surface area contributed by atoms with Crippen molar-refractivity contribution in [2.75, 3.05) is 13.1 Å². The fraction of sp³-hybridized carbons (Fsp3) is 0.941. The van der Waals surface area contributed by atoms with E-state index in [1.54, 1.807) is 0 Å². The van der Waals surface area contributed by atoms with Gasteiger partial charge in [0.05, 0.1) is 0 Å². The number of rotatable bonds is 11. The number of hydrogen-bond donors (Lipinski definition) is 1. The van der Waals surface area contributed by atoms with Crippen molar-refractivity contribution < 1.29 is 4.79 Å². The number of nitrogens with two attached hydrogens (primary N) is 1. The third kappa shape index (κ3) is 6.74. The Morgan fingerprint density at radius 2 is 1.80 bits per heavy atom. The molecule has 0 aliphatic carbocycles. The summed E-state index contributed by atoms with van der Waals surface area (Å²) in [5.41, 5.74) is 5.57. The van der Waals surface area contributed by atoms with E-state index in [2.05, 4.69) is 11.8 Å². The zero-order valence-corrected chi connectivity index (χ0v) is 13.4. The highest BCUT2D eigenvalue weighted by Crippen LogP contribution is 2.22. The smallest absolute Gasteiger partial charge is 0.222 e. The number of carbonyl (C=O) groups is 1. The molecular formula is C17H34N2O. The minimum Gasteiger partial charge on any atom is -0.340 e. The standard InChI is InChI=1S/C17H34N2O/c1-2-3-4-5-6-7-8-13-17(20)19-15-10-12-16(19)11-9-14-18/h16H,2-15,18H2,1H3. The molecule has 1 fully saturated rings. The molecule has 118 valence electrons. The molecule has 1 saturated heterocycles. The summed E-state index contributed by atoms with van der Waals surface area (Å²) in [7, 11) is 0. The Hall–Kier alpha value is -0.570. The van der Waals surface area contributed by atoms with Crippen molar-refractivity contribution in [2.24, 2.45) is 5.73 Å². The van der Waals surface area contributed by atoms with Crippen LogP contribution >= 0.6 is 0 Å². The normalized spacial score (nSPS) is 18.7.